The van der Waals surface area contributed by atoms with E-state index < -0.39 is 0 Å². The van der Waals surface area contributed by atoms with Crippen molar-refractivity contribution in [1.29, 1.82) is 0 Å². The number of H-pyrrole nitrogens is 1. The number of amides is 1. The molecule has 1 aromatic carbocycles. The third-order valence-electron chi connectivity index (χ3n) is 3.78. The number of aromatic nitrogens is 1. The monoisotopic (exact) mass is 292 g/mol. The largest absolute Gasteiger partial charge is 0.375 e. The van der Waals surface area contributed by atoms with Crippen molar-refractivity contribution >= 4 is 28.4 Å². The normalized spacial score (nSPS) is 18.0. The number of benzene rings is 1. The highest BCUT2D eigenvalue weighted by Crippen LogP contribution is 2.35. The first-order valence-corrected chi connectivity index (χ1v) is 7.15. The van der Waals surface area contributed by atoms with E-state index in [9.17, 15) is 4.79 Å². The van der Waals surface area contributed by atoms with Crippen LogP contribution in [0.15, 0.2) is 18.2 Å². The molecule has 3 rings (SSSR count). The summed E-state index contributed by atoms with van der Waals surface area (Å²) in [5, 5.41) is 4.93. The topological polar surface area (TPSA) is 54.1 Å². The highest BCUT2D eigenvalue weighted by molar-refractivity contribution is 6.31. The average molecular weight is 293 g/mol. The molecule has 2 N–H and O–H groups in total. The number of halogens is 1. The second kappa shape index (κ2) is 5.46. The SMILES string of the molecule is COCC(=O)NC1CCCc2c1[nH]c1ccc(Cl)cc21. The van der Waals surface area contributed by atoms with Gasteiger partial charge in [-0.15, -0.1) is 0 Å². The fourth-order valence-corrected chi connectivity index (χ4v) is 3.12. The Hall–Kier alpha value is -1.52. The van der Waals surface area contributed by atoms with Crippen LogP contribution in [-0.2, 0) is 16.0 Å². The van der Waals surface area contributed by atoms with E-state index in [2.05, 4.69) is 10.3 Å². The van der Waals surface area contributed by atoms with E-state index in [0.29, 0.717) is 0 Å². The third-order valence-corrected chi connectivity index (χ3v) is 4.01. The van der Waals surface area contributed by atoms with Gasteiger partial charge in [-0.2, -0.15) is 0 Å². The number of ether oxygens (including phenoxy) is 1. The molecule has 0 fully saturated rings. The summed E-state index contributed by atoms with van der Waals surface area (Å²) >= 11 is 6.08. The van der Waals surface area contributed by atoms with Gasteiger partial charge in [-0.3, -0.25) is 4.79 Å². The molecule has 1 aromatic heterocycles. The van der Waals surface area contributed by atoms with Crippen LogP contribution in [0.5, 0.6) is 0 Å². The Morgan fingerprint density at radius 3 is 3.20 bits per heavy atom. The molecule has 0 saturated carbocycles. The second-order valence-electron chi connectivity index (χ2n) is 5.15. The maximum atomic E-state index is 11.7. The molecule has 1 heterocycles. The number of fused-ring (bicyclic) bond motifs is 3. The van der Waals surface area contributed by atoms with Gasteiger partial charge in [-0.05, 0) is 43.0 Å². The van der Waals surface area contributed by atoms with Gasteiger partial charge in [0.1, 0.15) is 6.61 Å². The van der Waals surface area contributed by atoms with E-state index in [1.165, 1.54) is 12.7 Å². The van der Waals surface area contributed by atoms with Crippen molar-refractivity contribution in [3.63, 3.8) is 0 Å². The lowest BCUT2D eigenvalue weighted by Crippen LogP contribution is -2.33. The fraction of sp³-hybridized carbons (Fsp3) is 0.400. The Kier molecular flexibility index (Phi) is 3.68. The van der Waals surface area contributed by atoms with Gasteiger partial charge in [0.25, 0.3) is 0 Å². The lowest BCUT2D eigenvalue weighted by molar-refractivity contribution is -0.125. The minimum atomic E-state index is -0.0814. The molecule has 1 unspecified atom stereocenters. The minimum absolute atomic E-state index is 0.0348. The summed E-state index contributed by atoms with van der Waals surface area (Å²) in [5.41, 5.74) is 3.46. The number of nitrogens with one attached hydrogen (secondary N) is 2. The van der Waals surface area contributed by atoms with Crippen LogP contribution < -0.4 is 5.32 Å². The van der Waals surface area contributed by atoms with Crippen molar-refractivity contribution in [2.45, 2.75) is 25.3 Å². The first-order valence-electron chi connectivity index (χ1n) is 6.77. The van der Waals surface area contributed by atoms with Crippen LogP contribution in [0.2, 0.25) is 5.02 Å². The summed E-state index contributed by atoms with van der Waals surface area (Å²) in [6, 6.07) is 5.90. The highest BCUT2D eigenvalue weighted by atomic mass is 35.5. The summed E-state index contributed by atoms with van der Waals surface area (Å²) in [6.07, 6.45) is 3.03. The van der Waals surface area contributed by atoms with Crippen LogP contribution in [0.1, 0.15) is 30.1 Å². The van der Waals surface area contributed by atoms with E-state index >= 15 is 0 Å². The molecule has 4 nitrogen and oxygen atoms in total. The molecule has 5 heteroatoms. The minimum Gasteiger partial charge on any atom is -0.375 e. The van der Waals surface area contributed by atoms with Crippen LogP contribution >= 0.6 is 11.6 Å². The number of rotatable bonds is 3. The van der Waals surface area contributed by atoms with Crippen molar-refractivity contribution in [1.82, 2.24) is 10.3 Å². The predicted octanol–water partition coefficient (Wildman–Crippen LogP) is 2.96. The average Bonchev–Trinajstić information content (AvgIpc) is 2.78. The number of hydrogen-bond donors (Lipinski definition) is 2. The zero-order valence-electron chi connectivity index (χ0n) is 11.3. The Balaban J connectivity index is 1.96. The number of aromatic amines is 1. The molecule has 1 aliphatic rings. The van der Waals surface area contributed by atoms with Gasteiger partial charge in [0.15, 0.2) is 0 Å². The first kappa shape index (κ1) is 13.5. The maximum absolute atomic E-state index is 11.7. The van der Waals surface area contributed by atoms with Gasteiger partial charge < -0.3 is 15.0 Å². The first-order chi connectivity index (χ1) is 9.69. The molecule has 106 valence electrons. The zero-order chi connectivity index (χ0) is 14.1. The van der Waals surface area contributed by atoms with Crippen LogP contribution in [0, 0.1) is 0 Å². The van der Waals surface area contributed by atoms with E-state index in [0.717, 1.165) is 40.9 Å². The maximum Gasteiger partial charge on any atom is 0.246 e. The number of hydrogen-bond acceptors (Lipinski definition) is 2. The lowest BCUT2D eigenvalue weighted by Gasteiger charge is -2.23. The molecule has 2 aromatic rings. The number of aryl methyl sites for hydroxylation is 1. The van der Waals surface area contributed by atoms with E-state index in [4.69, 9.17) is 16.3 Å². The molecular formula is C15H17ClN2O2. The molecule has 1 aliphatic carbocycles. The van der Waals surface area contributed by atoms with Crippen LogP contribution in [0.25, 0.3) is 10.9 Å². The van der Waals surface area contributed by atoms with Crippen molar-refractivity contribution in [3.8, 4) is 0 Å². The molecule has 0 bridgehead atoms. The van der Waals surface area contributed by atoms with Crippen LogP contribution in [0.4, 0.5) is 0 Å². The Labute approximate surface area is 122 Å². The molecule has 1 atom stereocenters. The van der Waals surface area contributed by atoms with Gasteiger partial charge in [0.05, 0.1) is 6.04 Å². The smallest absolute Gasteiger partial charge is 0.246 e. The highest BCUT2D eigenvalue weighted by Gasteiger charge is 2.25. The zero-order valence-corrected chi connectivity index (χ0v) is 12.1. The van der Waals surface area contributed by atoms with E-state index in [1.54, 1.807) is 0 Å². The quantitative estimate of drug-likeness (QED) is 0.914. The Bertz CT molecular complexity index is 651. The van der Waals surface area contributed by atoms with Crippen molar-refractivity contribution in [2.24, 2.45) is 0 Å². The molecular weight excluding hydrogens is 276 g/mol. The van der Waals surface area contributed by atoms with Gasteiger partial charge >= 0.3 is 0 Å². The summed E-state index contributed by atoms with van der Waals surface area (Å²) < 4.78 is 4.87. The standard InChI is InChI=1S/C15H17ClN2O2/c1-20-8-14(19)17-13-4-2-3-10-11-7-9(16)5-6-12(11)18-15(10)13/h5-7,13,18H,2-4,8H2,1H3,(H,17,19). The van der Waals surface area contributed by atoms with Crippen LogP contribution in [0.3, 0.4) is 0 Å². The molecule has 0 saturated heterocycles. The van der Waals surface area contributed by atoms with Crippen LogP contribution in [-0.4, -0.2) is 24.6 Å². The summed E-state index contributed by atoms with van der Waals surface area (Å²) in [4.78, 5) is 15.1. The molecule has 0 spiro atoms. The molecule has 20 heavy (non-hydrogen) atoms. The Morgan fingerprint density at radius 1 is 1.55 bits per heavy atom. The molecule has 0 radical (unpaired) electrons. The van der Waals surface area contributed by atoms with Gasteiger partial charge in [0.2, 0.25) is 5.91 Å². The van der Waals surface area contributed by atoms with Crippen molar-refractivity contribution in [2.75, 3.05) is 13.7 Å². The number of carbonyl (C=O) groups is 1. The fourth-order valence-electron chi connectivity index (χ4n) is 2.95. The third kappa shape index (κ3) is 2.41. The lowest BCUT2D eigenvalue weighted by atomic mass is 9.91. The van der Waals surface area contributed by atoms with Crippen molar-refractivity contribution in [3.05, 3.63) is 34.5 Å². The number of methoxy groups -OCH3 is 1. The Morgan fingerprint density at radius 2 is 2.40 bits per heavy atom. The van der Waals surface area contributed by atoms with Crippen molar-refractivity contribution < 1.29 is 9.53 Å². The summed E-state index contributed by atoms with van der Waals surface area (Å²) in [7, 11) is 1.52. The van der Waals surface area contributed by atoms with Gasteiger partial charge in [-0.25, -0.2) is 0 Å². The molecule has 0 aliphatic heterocycles. The van der Waals surface area contributed by atoms with E-state index in [-0.39, 0.29) is 18.6 Å². The summed E-state index contributed by atoms with van der Waals surface area (Å²) in [6.45, 7) is 0.0951. The van der Waals surface area contributed by atoms with Gasteiger partial charge in [-0.1, -0.05) is 11.6 Å². The number of carbonyl (C=O) groups excluding carboxylic acids is 1. The van der Waals surface area contributed by atoms with Gasteiger partial charge in [0, 0.05) is 28.7 Å². The second-order valence-corrected chi connectivity index (χ2v) is 5.59. The predicted molar refractivity (Wildman–Crippen MR) is 79.0 cm³/mol. The molecule has 1 amide bonds. The summed E-state index contributed by atoms with van der Waals surface area (Å²) in [5.74, 6) is -0.0814. The van der Waals surface area contributed by atoms with E-state index in [1.807, 2.05) is 18.2 Å².